The fourth-order valence-electron chi connectivity index (χ4n) is 3.19. The molecule has 0 bridgehead atoms. The summed E-state index contributed by atoms with van der Waals surface area (Å²) >= 11 is 0. The molecule has 3 rings (SSSR count). The molecule has 2 nitrogen and oxygen atoms in total. The van der Waals surface area contributed by atoms with Crippen molar-refractivity contribution in [2.75, 3.05) is 0 Å². The van der Waals surface area contributed by atoms with Crippen molar-refractivity contribution in [3.63, 3.8) is 0 Å². The highest BCUT2D eigenvalue weighted by Gasteiger charge is 2.20. The Hall–Kier alpha value is -1.28. The highest BCUT2D eigenvalue weighted by molar-refractivity contribution is 5.82. The number of aromatic amines is 1. The van der Waals surface area contributed by atoms with Crippen molar-refractivity contribution in [2.24, 2.45) is 5.92 Å². The normalized spacial score (nSPS) is 18.5. The van der Waals surface area contributed by atoms with Gasteiger partial charge in [0.1, 0.15) is 0 Å². The Morgan fingerprint density at radius 1 is 1.28 bits per heavy atom. The summed E-state index contributed by atoms with van der Waals surface area (Å²) in [5.41, 5.74) is 2.66. The van der Waals surface area contributed by atoms with Gasteiger partial charge in [-0.25, -0.2) is 0 Å². The molecule has 0 radical (unpaired) electrons. The number of fused-ring (bicyclic) bond motifs is 1. The smallest absolute Gasteiger partial charge is 0.0499 e. The van der Waals surface area contributed by atoms with Gasteiger partial charge >= 0.3 is 0 Å². The second-order valence-corrected chi connectivity index (χ2v) is 5.57. The maximum absolute atomic E-state index is 3.70. The van der Waals surface area contributed by atoms with E-state index in [4.69, 9.17) is 0 Å². The molecule has 1 aliphatic carbocycles. The quantitative estimate of drug-likeness (QED) is 0.837. The predicted octanol–water partition coefficient (Wildman–Crippen LogP) is 3.84. The van der Waals surface area contributed by atoms with Crippen molar-refractivity contribution in [2.45, 2.75) is 45.2 Å². The van der Waals surface area contributed by atoms with Crippen LogP contribution in [0.4, 0.5) is 0 Å². The SMILES string of the molecule is C[C@H](NCc1cccc2cc[nH]c12)C1CCCC1. The summed E-state index contributed by atoms with van der Waals surface area (Å²) in [6.45, 7) is 3.31. The monoisotopic (exact) mass is 242 g/mol. The molecule has 1 atom stereocenters. The van der Waals surface area contributed by atoms with Crippen molar-refractivity contribution in [3.05, 3.63) is 36.0 Å². The first-order valence-electron chi connectivity index (χ1n) is 7.13. The first-order valence-corrected chi connectivity index (χ1v) is 7.13. The van der Waals surface area contributed by atoms with E-state index in [9.17, 15) is 0 Å². The van der Waals surface area contributed by atoms with Crippen LogP contribution < -0.4 is 5.32 Å². The first kappa shape index (κ1) is 11.8. The molecule has 1 aliphatic rings. The maximum Gasteiger partial charge on any atom is 0.0499 e. The fraction of sp³-hybridized carbons (Fsp3) is 0.500. The third-order valence-electron chi connectivity index (χ3n) is 4.39. The molecule has 1 heterocycles. The Labute approximate surface area is 109 Å². The second-order valence-electron chi connectivity index (χ2n) is 5.57. The Balaban J connectivity index is 1.67. The molecule has 1 fully saturated rings. The number of hydrogen-bond acceptors (Lipinski definition) is 1. The largest absolute Gasteiger partial charge is 0.361 e. The average molecular weight is 242 g/mol. The Kier molecular flexibility index (Phi) is 3.37. The Morgan fingerprint density at radius 2 is 2.11 bits per heavy atom. The summed E-state index contributed by atoms with van der Waals surface area (Å²) < 4.78 is 0. The van der Waals surface area contributed by atoms with Crippen molar-refractivity contribution in [3.8, 4) is 0 Å². The van der Waals surface area contributed by atoms with Crippen molar-refractivity contribution in [1.82, 2.24) is 10.3 Å². The zero-order valence-corrected chi connectivity index (χ0v) is 11.1. The number of rotatable bonds is 4. The van der Waals surface area contributed by atoms with Crippen LogP contribution in [0.1, 0.15) is 38.2 Å². The molecular weight excluding hydrogens is 220 g/mol. The minimum atomic E-state index is 0.637. The van der Waals surface area contributed by atoms with Gasteiger partial charge in [-0.05, 0) is 42.7 Å². The minimum absolute atomic E-state index is 0.637. The highest BCUT2D eigenvalue weighted by atomic mass is 14.9. The summed E-state index contributed by atoms with van der Waals surface area (Å²) in [5, 5.41) is 5.01. The van der Waals surface area contributed by atoms with Gasteiger partial charge in [0, 0.05) is 24.3 Å². The number of hydrogen-bond donors (Lipinski definition) is 2. The number of H-pyrrole nitrogens is 1. The molecular formula is C16H22N2. The van der Waals surface area contributed by atoms with E-state index >= 15 is 0 Å². The van der Waals surface area contributed by atoms with Crippen LogP contribution in [0.2, 0.25) is 0 Å². The van der Waals surface area contributed by atoms with Gasteiger partial charge in [0.05, 0.1) is 0 Å². The lowest BCUT2D eigenvalue weighted by Gasteiger charge is -2.20. The standard InChI is InChI=1S/C16H22N2/c1-12(13-5-2-3-6-13)18-11-15-8-4-7-14-9-10-17-16(14)15/h4,7-10,12-13,17-18H,2-3,5-6,11H2,1H3/t12-/m0/s1. The van der Waals surface area contributed by atoms with E-state index in [-0.39, 0.29) is 0 Å². The minimum Gasteiger partial charge on any atom is -0.361 e. The van der Waals surface area contributed by atoms with Gasteiger partial charge in [0.2, 0.25) is 0 Å². The lowest BCUT2D eigenvalue weighted by Crippen LogP contribution is -2.31. The van der Waals surface area contributed by atoms with E-state index < -0.39 is 0 Å². The third kappa shape index (κ3) is 2.30. The maximum atomic E-state index is 3.70. The molecule has 2 heteroatoms. The molecule has 2 N–H and O–H groups in total. The van der Waals surface area contributed by atoms with Crippen LogP contribution in [0.5, 0.6) is 0 Å². The van der Waals surface area contributed by atoms with Crippen LogP contribution >= 0.6 is 0 Å². The van der Waals surface area contributed by atoms with Gasteiger partial charge in [-0.1, -0.05) is 31.0 Å². The summed E-state index contributed by atoms with van der Waals surface area (Å²) in [5.74, 6) is 0.882. The van der Waals surface area contributed by atoms with E-state index in [2.05, 4.69) is 41.5 Å². The molecule has 0 aliphatic heterocycles. The van der Waals surface area contributed by atoms with Crippen LogP contribution in [0.3, 0.4) is 0 Å². The van der Waals surface area contributed by atoms with Crippen molar-refractivity contribution >= 4 is 10.9 Å². The van der Waals surface area contributed by atoms with Crippen molar-refractivity contribution < 1.29 is 0 Å². The summed E-state index contributed by atoms with van der Waals surface area (Å²) in [6, 6.07) is 9.30. The lowest BCUT2D eigenvalue weighted by atomic mass is 9.99. The van der Waals surface area contributed by atoms with E-state index in [1.165, 1.54) is 42.1 Å². The van der Waals surface area contributed by atoms with Gasteiger partial charge in [0.25, 0.3) is 0 Å². The molecule has 2 aromatic rings. The number of benzene rings is 1. The number of nitrogens with one attached hydrogen (secondary N) is 2. The molecule has 0 unspecified atom stereocenters. The summed E-state index contributed by atoms with van der Waals surface area (Å²) in [7, 11) is 0. The van der Waals surface area contributed by atoms with Crippen LogP contribution in [0, 0.1) is 5.92 Å². The van der Waals surface area contributed by atoms with E-state index in [0.29, 0.717) is 6.04 Å². The van der Waals surface area contributed by atoms with Crippen LogP contribution in [-0.4, -0.2) is 11.0 Å². The highest BCUT2D eigenvalue weighted by Crippen LogP contribution is 2.27. The molecule has 96 valence electrons. The summed E-state index contributed by atoms with van der Waals surface area (Å²) in [4.78, 5) is 3.34. The van der Waals surface area contributed by atoms with Gasteiger partial charge in [-0.3, -0.25) is 0 Å². The molecule has 1 saturated carbocycles. The van der Waals surface area contributed by atoms with E-state index in [0.717, 1.165) is 12.5 Å². The van der Waals surface area contributed by atoms with E-state index in [1.807, 2.05) is 6.20 Å². The zero-order chi connectivity index (χ0) is 12.4. The topological polar surface area (TPSA) is 27.8 Å². The Bertz CT molecular complexity index is 509. The number of para-hydroxylation sites is 1. The number of aromatic nitrogens is 1. The molecule has 1 aromatic heterocycles. The molecule has 0 amide bonds. The van der Waals surface area contributed by atoms with E-state index in [1.54, 1.807) is 0 Å². The van der Waals surface area contributed by atoms with Crippen LogP contribution in [-0.2, 0) is 6.54 Å². The molecule has 18 heavy (non-hydrogen) atoms. The third-order valence-corrected chi connectivity index (χ3v) is 4.39. The van der Waals surface area contributed by atoms with Crippen molar-refractivity contribution in [1.29, 1.82) is 0 Å². The van der Waals surface area contributed by atoms with Gasteiger partial charge in [-0.2, -0.15) is 0 Å². The second kappa shape index (κ2) is 5.15. The van der Waals surface area contributed by atoms with Crippen LogP contribution in [0.25, 0.3) is 10.9 Å². The van der Waals surface area contributed by atoms with Gasteiger partial charge in [-0.15, -0.1) is 0 Å². The van der Waals surface area contributed by atoms with Gasteiger partial charge in [0.15, 0.2) is 0 Å². The lowest BCUT2D eigenvalue weighted by molar-refractivity contribution is 0.381. The molecule has 0 saturated heterocycles. The molecule has 1 aromatic carbocycles. The summed E-state index contributed by atoms with van der Waals surface area (Å²) in [6.07, 6.45) is 7.67. The fourth-order valence-corrected chi connectivity index (χ4v) is 3.19. The zero-order valence-electron chi connectivity index (χ0n) is 11.1. The molecule has 0 spiro atoms. The van der Waals surface area contributed by atoms with Crippen LogP contribution in [0.15, 0.2) is 30.5 Å². The Morgan fingerprint density at radius 3 is 2.94 bits per heavy atom. The predicted molar refractivity (Wildman–Crippen MR) is 76.6 cm³/mol. The van der Waals surface area contributed by atoms with Gasteiger partial charge < -0.3 is 10.3 Å². The average Bonchev–Trinajstić information content (AvgIpc) is 3.05. The first-order chi connectivity index (χ1) is 8.84.